The summed E-state index contributed by atoms with van der Waals surface area (Å²) in [6, 6.07) is 12.9. The van der Waals surface area contributed by atoms with Crippen LogP contribution in [0.15, 0.2) is 54.6 Å². The summed E-state index contributed by atoms with van der Waals surface area (Å²) in [6.07, 6.45) is 3.02. The summed E-state index contributed by atoms with van der Waals surface area (Å²) in [7, 11) is 3.10. The molecule has 0 bridgehead atoms. The van der Waals surface area contributed by atoms with Gasteiger partial charge in [-0.25, -0.2) is 4.68 Å². The minimum atomic E-state index is -0.473. The lowest BCUT2D eigenvalue weighted by atomic mass is 10.2. The average Bonchev–Trinajstić information content (AvgIpc) is 3.11. The number of carbonyl (C=O) groups excluding carboxylic acids is 1. The van der Waals surface area contributed by atoms with Crippen LogP contribution in [0.5, 0.6) is 11.5 Å². The Bertz CT molecular complexity index is 1080. The minimum Gasteiger partial charge on any atom is -0.497 e. The van der Waals surface area contributed by atoms with Gasteiger partial charge in [-0.05, 0) is 42.8 Å². The zero-order valence-corrected chi connectivity index (χ0v) is 16.7. The summed E-state index contributed by atoms with van der Waals surface area (Å²) in [5.74, 6) is 1.31. The molecule has 0 atom stereocenters. The van der Waals surface area contributed by atoms with Gasteiger partial charge in [-0.2, -0.15) is 5.10 Å². The number of rotatable bonds is 7. The highest BCUT2D eigenvalue weighted by Crippen LogP contribution is 2.24. The first kappa shape index (κ1) is 20.6. The molecule has 9 heteroatoms. The largest absolute Gasteiger partial charge is 0.497 e. The Morgan fingerprint density at radius 1 is 1.10 bits per heavy atom. The summed E-state index contributed by atoms with van der Waals surface area (Å²) in [4.78, 5) is 22.8. The quantitative estimate of drug-likeness (QED) is 0.362. The summed E-state index contributed by atoms with van der Waals surface area (Å²) in [5.41, 5.74) is 1.99. The van der Waals surface area contributed by atoms with Crippen molar-refractivity contribution in [3.05, 3.63) is 76.0 Å². The second-order valence-electron chi connectivity index (χ2n) is 6.32. The lowest BCUT2D eigenvalue weighted by molar-refractivity contribution is -0.384. The number of ether oxygens (including phenoxy) is 2. The van der Waals surface area contributed by atoms with Gasteiger partial charge in [0, 0.05) is 30.3 Å². The predicted molar refractivity (Wildman–Crippen MR) is 112 cm³/mol. The van der Waals surface area contributed by atoms with Crippen molar-refractivity contribution < 1.29 is 19.2 Å². The molecule has 0 saturated heterocycles. The number of amides is 1. The number of hydrogen-bond acceptors (Lipinski definition) is 6. The first-order valence-electron chi connectivity index (χ1n) is 8.93. The number of benzene rings is 2. The van der Waals surface area contributed by atoms with Gasteiger partial charge in [0.2, 0.25) is 5.91 Å². The van der Waals surface area contributed by atoms with Gasteiger partial charge < -0.3 is 14.8 Å². The Morgan fingerprint density at radius 3 is 2.30 bits per heavy atom. The third-order valence-corrected chi connectivity index (χ3v) is 4.19. The van der Waals surface area contributed by atoms with Crippen LogP contribution in [0.4, 0.5) is 11.5 Å². The van der Waals surface area contributed by atoms with E-state index in [-0.39, 0.29) is 11.6 Å². The summed E-state index contributed by atoms with van der Waals surface area (Å²) in [5, 5.41) is 18.0. The third-order valence-electron chi connectivity index (χ3n) is 4.19. The van der Waals surface area contributed by atoms with E-state index in [1.165, 1.54) is 22.9 Å². The van der Waals surface area contributed by atoms with Gasteiger partial charge in [0.15, 0.2) is 0 Å². The van der Waals surface area contributed by atoms with Gasteiger partial charge >= 0.3 is 0 Å². The van der Waals surface area contributed by atoms with Gasteiger partial charge in [0.1, 0.15) is 17.3 Å². The van der Waals surface area contributed by atoms with Crippen molar-refractivity contribution in [2.24, 2.45) is 0 Å². The molecule has 0 spiro atoms. The molecule has 0 unspecified atom stereocenters. The Hall–Kier alpha value is -4.14. The molecule has 0 saturated carbocycles. The minimum absolute atomic E-state index is 0.0233. The molecule has 1 amide bonds. The fourth-order valence-corrected chi connectivity index (χ4v) is 2.77. The number of nitrogens with zero attached hydrogens (tertiary/aromatic N) is 3. The molecular formula is C21H20N4O5. The molecule has 9 nitrogen and oxygen atoms in total. The van der Waals surface area contributed by atoms with Crippen LogP contribution in [-0.4, -0.2) is 34.8 Å². The Morgan fingerprint density at radius 2 is 1.73 bits per heavy atom. The standard InChI is InChI=1S/C21H20N4O5/c1-14-10-20(24(23-14)16-5-7-17(8-6-16)25(27)28)22-21(26)9-4-15-11-18(29-2)13-19(12-15)30-3/h4-13H,1-3H3,(H,22,26)/b9-4+. The van der Waals surface area contributed by atoms with E-state index < -0.39 is 4.92 Å². The molecule has 154 valence electrons. The molecule has 2 aromatic carbocycles. The monoisotopic (exact) mass is 408 g/mol. The van der Waals surface area contributed by atoms with E-state index in [4.69, 9.17) is 9.47 Å². The molecule has 1 heterocycles. The average molecular weight is 408 g/mol. The summed E-state index contributed by atoms with van der Waals surface area (Å²) >= 11 is 0. The zero-order valence-electron chi connectivity index (χ0n) is 16.7. The highest BCUT2D eigenvalue weighted by Gasteiger charge is 2.12. The van der Waals surface area contributed by atoms with E-state index in [1.807, 2.05) is 0 Å². The van der Waals surface area contributed by atoms with E-state index >= 15 is 0 Å². The maximum absolute atomic E-state index is 12.4. The number of methoxy groups -OCH3 is 2. The fraction of sp³-hybridized carbons (Fsp3) is 0.143. The number of non-ortho nitro benzene ring substituents is 1. The third kappa shape index (κ3) is 4.82. The van der Waals surface area contributed by atoms with E-state index in [1.54, 1.807) is 63.6 Å². The predicted octanol–water partition coefficient (Wildman–Crippen LogP) is 3.76. The summed E-state index contributed by atoms with van der Waals surface area (Å²) in [6.45, 7) is 1.79. The van der Waals surface area contributed by atoms with E-state index in [0.29, 0.717) is 28.7 Å². The second-order valence-corrected chi connectivity index (χ2v) is 6.32. The van der Waals surface area contributed by atoms with Crippen LogP contribution in [0, 0.1) is 17.0 Å². The highest BCUT2D eigenvalue weighted by atomic mass is 16.6. The van der Waals surface area contributed by atoms with Crippen LogP contribution in [0.1, 0.15) is 11.3 Å². The van der Waals surface area contributed by atoms with Crippen molar-refractivity contribution in [3.63, 3.8) is 0 Å². The van der Waals surface area contributed by atoms with Gasteiger partial charge in [-0.15, -0.1) is 0 Å². The maximum Gasteiger partial charge on any atom is 0.269 e. The number of nitro benzene ring substituents is 1. The molecule has 3 aromatic rings. The smallest absolute Gasteiger partial charge is 0.269 e. The van der Waals surface area contributed by atoms with Crippen molar-refractivity contribution in [1.29, 1.82) is 0 Å². The Labute approximate surface area is 172 Å². The van der Waals surface area contributed by atoms with E-state index in [9.17, 15) is 14.9 Å². The lowest BCUT2D eigenvalue weighted by Gasteiger charge is -2.08. The van der Waals surface area contributed by atoms with Gasteiger partial charge in [-0.1, -0.05) is 0 Å². The van der Waals surface area contributed by atoms with Crippen molar-refractivity contribution in [2.75, 3.05) is 19.5 Å². The molecule has 1 aromatic heterocycles. The number of anilines is 1. The van der Waals surface area contributed by atoms with Crippen LogP contribution in [0.25, 0.3) is 11.8 Å². The zero-order chi connectivity index (χ0) is 21.7. The molecule has 0 aliphatic heterocycles. The molecule has 0 aliphatic rings. The molecular weight excluding hydrogens is 388 g/mol. The van der Waals surface area contributed by atoms with Crippen molar-refractivity contribution in [1.82, 2.24) is 9.78 Å². The highest BCUT2D eigenvalue weighted by molar-refractivity contribution is 6.01. The normalized spacial score (nSPS) is 10.8. The number of hydrogen-bond donors (Lipinski definition) is 1. The Kier molecular flexibility index (Phi) is 6.11. The topological polar surface area (TPSA) is 109 Å². The van der Waals surface area contributed by atoms with Crippen molar-refractivity contribution in [2.45, 2.75) is 6.92 Å². The molecule has 1 N–H and O–H groups in total. The van der Waals surface area contributed by atoms with Gasteiger partial charge in [0.05, 0.1) is 30.5 Å². The number of carbonyl (C=O) groups is 1. The SMILES string of the molecule is COc1cc(/C=C/C(=O)Nc2cc(C)nn2-c2ccc([N+](=O)[O-])cc2)cc(OC)c1. The molecule has 30 heavy (non-hydrogen) atoms. The fourth-order valence-electron chi connectivity index (χ4n) is 2.77. The number of nitrogens with one attached hydrogen (secondary N) is 1. The van der Waals surface area contributed by atoms with Gasteiger partial charge in [-0.3, -0.25) is 14.9 Å². The molecule has 0 fully saturated rings. The summed E-state index contributed by atoms with van der Waals surface area (Å²) < 4.78 is 12.0. The van der Waals surface area contributed by atoms with E-state index in [2.05, 4.69) is 10.4 Å². The maximum atomic E-state index is 12.4. The molecule has 0 aliphatic carbocycles. The molecule has 0 radical (unpaired) electrons. The van der Waals surface area contributed by atoms with Crippen LogP contribution in [-0.2, 0) is 4.79 Å². The first-order chi connectivity index (χ1) is 14.4. The second kappa shape index (κ2) is 8.91. The number of aryl methyl sites for hydroxylation is 1. The molecule has 3 rings (SSSR count). The van der Waals surface area contributed by atoms with Gasteiger partial charge in [0.25, 0.3) is 5.69 Å². The van der Waals surface area contributed by atoms with Crippen molar-refractivity contribution >= 4 is 23.5 Å². The van der Waals surface area contributed by atoms with Crippen LogP contribution in [0.2, 0.25) is 0 Å². The van der Waals surface area contributed by atoms with E-state index in [0.717, 1.165) is 5.56 Å². The van der Waals surface area contributed by atoms with Crippen LogP contribution in [0.3, 0.4) is 0 Å². The Balaban J connectivity index is 1.79. The van der Waals surface area contributed by atoms with Crippen molar-refractivity contribution in [3.8, 4) is 17.2 Å². The number of nitro groups is 1. The lowest BCUT2D eigenvalue weighted by Crippen LogP contribution is -2.12. The number of aromatic nitrogens is 2. The van der Waals surface area contributed by atoms with Crippen LogP contribution < -0.4 is 14.8 Å². The first-order valence-corrected chi connectivity index (χ1v) is 8.93. The van der Waals surface area contributed by atoms with Crippen LogP contribution >= 0.6 is 0 Å².